The van der Waals surface area contributed by atoms with E-state index in [1.807, 2.05) is 29.2 Å². The molecule has 3 heterocycles. The molecule has 2 aromatic rings. The number of methoxy groups -OCH3 is 1. The van der Waals surface area contributed by atoms with Crippen molar-refractivity contribution in [3.8, 4) is 5.75 Å². The van der Waals surface area contributed by atoms with Crippen LogP contribution in [0.3, 0.4) is 0 Å². The fraction of sp³-hybridized carbons (Fsp3) is 0.526. The number of nitrogens with one attached hydrogen (secondary N) is 2. The van der Waals surface area contributed by atoms with Gasteiger partial charge < -0.3 is 19.7 Å². The van der Waals surface area contributed by atoms with Crippen LogP contribution < -0.4 is 10.1 Å². The highest BCUT2D eigenvalue weighted by Gasteiger charge is 2.31. The highest BCUT2D eigenvalue weighted by Crippen LogP contribution is 2.36. The maximum absolute atomic E-state index is 12.8. The fourth-order valence-corrected chi connectivity index (χ4v) is 3.85. The number of rotatable bonds is 5. The Kier molecular flexibility index (Phi) is 5.24. The summed E-state index contributed by atoms with van der Waals surface area (Å²) in [5.41, 5.74) is 1.05. The first kappa shape index (κ1) is 17.8. The van der Waals surface area contributed by atoms with E-state index in [-0.39, 0.29) is 18.2 Å². The molecule has 0 aliphatic carbocycles. The van der Waals surface area contributed by atoms with Crippen molar-refractivity contribution in [2.24, 2.45) is 0 Å². The molecule has 0 spiro atoms. The molecule has 2 amide bonds. The summed E-state index contributed by atoms with van der Waals surface area (Å²) in [6.07, 6.45) is 3.85. The summed E-state index contributed by atoms with van der Waals surface area (Å²) in [4.78, 5) is 19.1. The number of H-pyrrole nitrogens is 1. The molecule has 2 saturated heterocycles. The van der Waals surface area contributed by atoms with Gasteiger partial charge in [0.25, 0.3) is 0 Å². The minimum Gasteiger partial charge on any atom is -0.496 e. The second-order valence-corrected chi connectivity index (χ2v) is 6.89. The molecular formula is C19H25N5O3. The second-order valence-electron chi connectivity index (χ2n) is 6.89. The van der Waals surface area contributed by atoms with Crippen LogP contribution in [-0.4, -0.2) is 46.4 Å². The van der Waals surface area contributed by atoms with Crippen LogP contribution in [-0.2, 0) is 11.3 Å². The number of nitrogens with zero attached hydrogens (tertiary/aromatic N) is 3. The molecule has 0 radical (unpaired) electrons. The average Bonchev–Trinajstić information content (AvgIpc) is 3.47. The molecule has 8 nitrogen and oxygen atoms in total. The molecule has 0 bridgehead atoms. The van der Waals surface area contributed by atoms with E-state index in [0.717, 1.165) is 50.1 Å². The van der Waals surface area contributed by atoms with Crippen molar-refractivity contribution >= 4 is 6.03 Å². The lowest BCUT2D eigenvalue weighted by Gasteiger charge is -2.26. The van der Waals surface area contributed by atoms with Crippen molar-refractivity contribution < 1.29 is 14.3 Å². The lowest BCUT2D eigenvalue weighted by Crippen LogP contribution is -2.39. The van der Waals surface area contributed by atoms with E-state index < -0.39 is 0 Å². The molecule has 8 heteroatoms. The van der Waals surface area contributed by atoms with Gasteiger partial charge >= 0.3 is 6.03 Å². The van der Waals surface area contributed by atoms with E-state index in [9.17, 15) is 4.79 Å². The average molecular weight is 371 g/mol. The number of para-hydroxylation sites is 1. The molecule has 2 fully saturated rings. The largest absolute Gasteiger partial charge is 0.496 e. The predicted octanol–water partition coefficient (Wildman–Crippen LogP) is 2.71. The van der Waals surface area contributed by atoms with E-state index in [2.05, 4.69) is 20.5 Å². The summed E-state index contributed by atoms with van der Waals surface area (Å²) in [5, 5.41) is 10.1. The van der Waals surface area contributed by atoms with Gasteiger partial charge in [-0.25, -0.2) is 9.78 Å². The van der Waals surface area contributed by atoms with Crippen molar-refractivity contribution in [1.29, 1.82) is 0 Å². The zero-order valence-electron chi connectivity index (χ0n) is 15.5. The summed E-state index contributed by atoms with van der Waals surface area (Å²) in [7, 11) is 1.66. The Morgan fingerprint density at radius 2 is 2.26 bits per heavy atom. The van der Waals surface area contributed by atoms with Crippen LogP contribution in [0.5, 0.6) is 5.75 Å². The highest BCUT2D eigenvalue weighted by molar-refractivity contribution is 5.75. The molecule has 0 saturated carbocycles. The fourth-order valence-electron chi connectivity index (χ4n) is 3.85. The zero-order valence-corrected chi connectivity index (χ0v) is 15.5. The Morgan fingerprint density at radius 1 is 1.37 bits per heavy atom. The monoisotopic (exact) mass is 371 g/mol. The topological polar surface area (TPSA) is 92.4 Å². The van der Waals surface area contributed by atoms with Crippen LogP contribution in [0.4, 0.5) is 4.79 Å². The quantitative estimate of drug-likeness (QED) is 0.843. The van der Waals surface area contributed by atoms with Gasteiger partial charge in [0.2, 0.25) is 0 Å². The molecule has 2 aliphatic rings. The number of hydrogen-bond acceptors (Lipinski definition) is 5. The van der Waals surface area contributed by atoms with Crippen molar-refractivity contribution in [3.63, 3.8) is 0 Å². The minimum atomic E-state index is -0.0986. The molecule has 2 aliphatic heterocycles. The van der Waals surface area contributed by atoms with Gasteiger partial charge in [0.1, 0.15) is 17.7 Å². The Labute approximate surface area is 158 Å². The lowest BCUT2D eigenvalue weighted by atomic mass is 10.0. The molecule has 144 valence electrons. The van der Waals surface area contributed by atoms with Crippen LogP contribution in [0, 0.1) is 0 Å². The summed E-state index contributed by atoms with van der Waals surface area (Å²) < 4.78 is 11.1. The molecule has 2 unspecified atom stereocenters. The molecular weight excluding hydrogens is 346 g/mol. The van der Waals surface area contributed by atoms with Gasteiger partial charge in [-0.2, -0.15) is 5.10 Å². The number of aromatic nitrogens is 3. The maximum atomic E-state index is 12.8. The van der Waals surface area contributed by atoms with Crippen molar-refractivity contribution in [2.45, 2.75) is 44.4 Å². The Morgan fingerprint density at radius 3 is 3.07 bits per heavy atom. The number of aromatic amines is 1. The number of amides is 2. The second kappa shape index (κ2) is 7.96. The molecule has 1 aromatic heterocycles. The third-order valence-corrected chi connectivity index (χ3v) is 5.19. The van der Waals surface area contributed by atoms with Crippen LogP contribution in [0.2, 0.25) is 0 Å². The number of benzene rings is 1. The number of ether oxygens (including phenoxy) is 2. The predicted molar refractivity (Wildman–Crippen MR) is 98.2 cm³/mol. The van der Waals surface area contributed by atoms with E-state index in [1.165, 1.54) is 0 Å². The van der Waals surface area contributed by atoms with Gasteiger partial charge in [0.05, 0.1) is 19.7 Å². The van der Waals surface area contributed by atoms with Crippen LogP contribution >= 0.6 is 0 Å². The van der Waals surface area contributed by atoms with E-state index in [0.29, 0.717) is 18.2 Å². The first-order valence-corrected chi connectivity index (χ1v) is 9.46. The van der Waals surface area contributed by atoms with Crippen LogP contribution in [0.1, 0.15) is 55.0 Å². The Balaban J connectivity index is 1.39. The van der Waals surface area contributed by atoms with E-state index in [4.69, 9.17) is 9.47 Å². The number of likely N-dealkylation sites (tertiary alicyclic amines) is 1. The van der Waals surface area contributed by atoms with Crippen molar-refractivity contribution in [3.05, 3.63) is 41.5 Å². The maximum Gasteiger partial charge on any atom is 0.318 e. The standard InChI is InChI=1S/C19H25N5O3/c1-26-15-8-3-2-6-13(15)14-7-4-10-24(14)19(25)20-12-17-21-18(23-22-17)16-9-5-11-27-16/h2-3,6,8,14,16H,4-5,7,9-12H2,1H3,(H,20,25)(H,21,22,23). The summed E-state index contributed by atoms with van der Waals surface area (Å²) >= 11 is 0. The Bertz CT molecular complexity index is 787. The molecule has 27 heavy (non-hydrogen) atoms. The number of carbonyl (C=O) groups excluding carboxylic acids is 1. The van der Waals surface area contributed by atoms with Gasteiger partial charge in [-0.1, -0.05) is 18.2 Å². The van der Waals surface area contributed by atoms with E-state index >= 15 is 0 Å². The minimum absolute atomic E-state index is 0.0262. The Hall–Kier alpha value is -2.61. The lowest BCUT2D eigenvalue weighted by molar-refractivity contribution is 0.105. The molecule has 2 N–H and O–H groups in total. The van der Waals surface area contributed by atoms with Gasteiger partial charge in [-0.15, -0.1) is 0 Å². The van der Waals surface area contributed by atoms with Crippen molar-refractivity contribution in [1.82, 2.24) is 25.4 Å². The van der Waals surface area contributed by atoms with Gasteiger partial charge in [-0.05, 0) is 31.7 Å². The molecule has 4 rings (SSSR count). The normalized spacial score (nSPS) is 22.2. The van der Waals surface area contributed by atoms with Gasteiger partial charge in [0, 0.05) is 18.7 Å². The van der Waals surface area contributed by atoms with Crippen LogP contribution in [0.25, 0.3) is 0 Å². The molecule has 1 aromatic carbocycles. The zero-order chi connectivity index (χ0) is 18.6. The van der Waals surface area contributed by atoms with Crippen molar-refractivity contribution in [2.75, 3.05) is 20.3 Å². The van der Waals surface area contributed by atoms with Gasteiger partial charge in [0.15, 0.2) is 5.82 Å². The number of urea groups is 1. The summed E-state index contributed by atoms with van der Waals surface area (Å²) in [6.45, 7) is 1.80. The SMILES string of the molecule is COc1ccccc1C1CCCN1C(=O)NCc1nc(C2CCCO2)n[nH]1. The van der Waals surface area contributed by atoms with E-state index in [1.54, 1.807) is 7.11 Å². The number of carbonyl (C=O) groups is 1. The molecule has 2 atom stereocenters. The first-order valence-electron chi connectivity index (χ1n) is 9.46. The third-order valence-electron chi connectivity index (χ3n) is 5.19. The smallest absolute Gasteiger partial charge is 0.318 e. The summed E-state index contributed by atoms with van der Waals surface area (Å²) in [5.74, 6) is 2.13. The highest BCUT2D eigenvalue weighted by atomic mass is 16.5. The third kappa shape index (κ3) is 3.75. The number of hydrogen-bond donors (Lipinski definition) is 2. The summed E-state index contributed by atoms with van der Waals surface area (Å²) in [6, 6.07) is 7.81. The van der Waals surface area contributed by atoms with Crippen LogP contribution in [0.15, 0.2) is 24.3 Å². The van der Waals surface area contributed by atoms with Gasteiger partial charge in [-0.3, -0.25) is 5.10 Å². The first-order chi connectivity index (χ1) is 13.3.